The van der Waals surface area contributed by atoms with Crippen LogP contribution in [0.3, 0.4) is 0 Å². The monoisotopic (exact) mass is 255 g/mol. The van der Waals surface area contributed by atoms with E-state index in [2.05, 4.69) is 4.90 Å². The van der Waals surface area contributed by atoms with Crippen molar-refractivity contribution >= 4 is 0 Å². The van der Waals surface area contributed by atoms with Crippen molar-refractivity contribution in [1.82, 2.24) is 4.90 Å². The molecule has 3 nitrogen and oxygen atoms in total. The molecule has 2 saturated carbocycles. The van der Waals surface area contributed by atoms with E-state index >= 15 is 0 Å². The molecule has 2 rings (SSSR count). The molecule has 2 N–H and O–H groups in total. The molecule has 0 amide bonds. The number of aliphatic hydroxyl groups is 2. The van der Waals surface area contributed by atoms with Crippen LogP contribution in [0.15, 0.2) is 0 Å². The van der Waals surface area contributed by atoms with Crippen LogP contribution in [-0.4, -0.2) is 47.0 Å². The van der Waals surface area contributed by atoms with Gasteiger partial charge in [-0.15, -0.1) is 0 Å². The Labute approximate surface area is 111 Å². The van der Waals surface area contributed by atoms with Gasteiger partial charge in [0.05, 0.1) is 11.7 Å². The van der Waals surface area contributed by atoms with Crippen molar-refractivity contribution in [2.45, 2.75) is 69.5 Å². The number of hydrogen-bond donors (Lipinski definition) is 2. The first kappa shape index (κ1) is 14.3. The van der Waals surface area contributed by atoms with Gasteiger partial charge in [-0.2, -0.15) is 0 Å². The number of hydrogen-bond acceptors (Lipinski definition) is 3. The molecule has 18 heavy (non-hydrogen) atoms. The van der Waals surface area contributed by atoms with Gasteiger partial charge in [-0.3, -0.25) is 0 Å². The normalized spacial score (nSPS) is 26.0. The summed E-state index contributed by atoms with van der Waals surface area (Å²) in [5, 5.41) is 20.5. The number of aliphatic hydroxyl groups excluding tert-OH is 1. The van der Waals surface area contributed by atoms with Crippen molar-refractivity contribution < 1.29 is 10.2 Å². The molecule has 0 radical (unpaired) electrons. The first-order valence-corrected chi connectivity index (χ1v) is 7.66. The maximum absolute atomic E-state index is 10.3. The smallest absolute Gasteiger partial charge is 0.0774 e. The van der Waals surface area contributed by atoms with Gasteiger partial charge >= 0.3 is 0 Å². The molecule has 0 aromatic carbocycles. The van der Waals surface area contributed by atoms with Gasteiger partial charge in [-0.25, -0.2) is 0 Å². The predicted octanol–water partition coefficient (Wildman–Crippen LogP) is 2.16. The van der Waals surface area contributed by atoms with Crippen LogP contribution in [-0.2, 0) is 0 Å². The second kappa shape index (κ2) is 6.36. The Morgan fingerprint density at radius 2 is 1.78 bits per heavy atom. The first-order valence-electron chi connectivity index (χ1n) is 7.66. The highest BCUT2D eigenvalue weighted by Gasteiger charge is 2.32. The third-order valence-corrected chi connectivity index (χ3v) is 4.70. The van der Waals surface area contributed by atoms with Crippen molar-refractivity contribution in [3.63, 3.8) is 0 Å². The van der Waals surface area contributed by atoms with Crippen LogP contribution in [0.1, 0.15) is 57.8 Å². The van der Waals surface area contributed by atoms with E-state index in [-0.39, 0.29) is 6.10 Å². The fraction of sp³-hybridized carbons (Fsp3) is 1.00. The quantitative estimate of drug-likeness (QED) is 0.764. The zero-order valence-electron chi connectivity index (χ0n) is 11.8. The zero-order chi connectivity index (χ0) is 13.0. The van der Waals surface area contributed by atoms with Crippen LogP contribution < -0.4 is 0 Å². The molecule has 0 aromatic rings. The van der Waals surface area contributed by atoms with E-state index in [9.17, 15) is 10.2 Å². The summed E-state index contributed by atoms with van der Waals surface area (Å²) in [5.74, 6) is 0.739. The highest BCUT2D eigenvalue weighted by Crippen LogP contribution is 2.31. The molecule has 2 fully saturated rings. The van der Waals surface area contributed by atoms with Crippen LogP contribution >= 0.6 is 0 Å². The fourth-order valence-electron chi connectivity index (χ4n) is 3.82. The van der Waals surface area contributed by atoms with Crippen LogP contribution in [0, 0.1) is 5.92 Å². The molecule has 0 aromatic heterocycles. The molecule has 0 bridgehead atoms. The van der Waals surface area contributed by atoms with Gasteiger partial charge in [0, 0.05) is 13.1 Å². The molecule has 0 spiro atoms. The van der Waals surface area contributed by atoms with Crippen LogP contribution in [0.5, 0.6) is 0 Å². The SMILES string of the molecule is CN(CC(O)CC1CCCC1)CC1(O)CCCC1. The molecule has 2 aliphatic rings. The van der Waals surface area contributed by atoms with E-state index < -0.39 is 5.60 Å². The van der Waals surface area contributed by atoms with Crippen molar-refractivity contribution in [2.75, 3.05) is 20.1 Å². The van der Waals surface area contributed by atoms with Gasteiger partial charge in [0.2, 0.25) is 0 Å². The second-order valence-electron chi connectivity index (χ2n) is 6.67. The summed E-state index contributed by atoms with van der Waals surface area (Å²) < 4.78 is 0. The summed E-state index contributed by atoms with van der Waals surface area (Å²) in [4.78, 5) is 2.12. The van der Waals surface area contributed by atoms with E-state index in [1.165, 1.54) is 25.7 Å². The summed E-state index contributed by atoms with van der Waals surface area (Å²) in [6, 6.07) is 0. The molecule has 3 heteroatoms. The lowest BCUT2D eigenvalue weighted by Crippen LogP contribution is -2.42. The Hall–Kier alpha value is -0.120. The second-order valence-corrected chi connectivity index (χ2v) is 6.67. The summed E-state index contributed by atoms with van der Waals surface area (Å²) in [5.41, 5.74) is -0.484. The number of nitrogens with zero attached hydrogens (tertiary/aromatic N) is 1. The standard InChI is InChI=1S/C15H29NO2/c1-16(12-15(18)8-4-5-9-15)11-14(17)10-13-6-2-3-7-13/h13-14,17-18H,2-12H2,1H3. The van der Waals surface area contributed by atoms with Crippen LogP contribution in [0.4, 0.5) is 0 Å². The van der Waals surface area contributed by atoms with E-state index in [1.807, 2.05) is 7.05 Å². The van der Waals surface area contributed by atoms with Crippen LogP contribution in [0.25, 0.3) is 0 Å². The Balaban J connectivity index is 1.67. The lowest BCUT2D eigenvalue weighted by molar-refractivity contribution is 0.00262. The lowest BCUT2D eigenvalue weighted by atomic mass is 9.98. The average molecular weight is 255 g/mol. The summed E-state index contributed by atoms with van der Waals surface area (Å²) in [6.45, 7) is 1.42. The molecule has 2 aliphatic carbocycles. The third-order valence-electron chi connectivity index (χ3n) is 4.70. The maximum atomic E-state index is 10.3. The molecule has 1 unspecified atom stereocenters. The summed E-state index contributed by atoms with van der Waals surface area (Å²) in [7, 11) is 2.02. The van der Waals surface area contributed by atoms with Gasteiger partial charge in [-0.05, 0) is 32.2 Å². The number of rotatable bonds is 6. The van der Waals surface area contributed by atoms with Crippen molar-refractivity contribution in [3.05, 3.63) is 0 Å². The Morgan fingerprint density at radius 1 is 1.17 bits per heavy atom. The average Bonchev–Trinajstić information content (AvgIpc) is 2.89. The first-order chi connectivity index (χ1) is 8.57. The van der Waals surface area contributed by atoms with Crippen LogP contribution in [0.2, 0.25) is 0 Å². The van der Waals surface area contributed by atoms with Gasteiger partial charge < -0.3 is 15.1 Å². The minimum absolute atomic E-state index is 0.219. The van der Waals surface area contributed by atoms with E-state index in [0.29, 0.717) is 13.1 Å². The highest BCUT2D eigenvalue weighted by molar-refractivity contribution is 4.87. The predicted molar refractivity (Wildman–Crippen MR) is 73.5 cm³/mol. The van der Waals surface area contributed by atoms with Gasteiger partial charge in [0.25, 0.3) is 0 Å². The van der Waals surface area contributed by atoms with E-state index in [4.69, 9.17) is 0 Å². The fourth-order valence-corrected chi connectivity index (χ4v) is 3.82. The number of likely N-dealkylation sites (N-methyl/N-ethyl adjacent to an activating group) is 1. The minimum Gasteiger partial charge on any atom is -0.392 e. The Kier molecular flexibility index (Phi) is 5.05. The summed E-state index contributed by atoms with van der Waals surface area (Å²) in [6.07, 6.45) is 10.1. The molecule has 0 aliphatic heterocycles. The van der Waals surface area contributed by atoms with Crippen molar-refractivity contribution in [3.8, 4) is 0 Å². The van der Waals surface area contributed by atoms with Gasteiger partial charge in [0.1, 0.15) is 0 Å². The van der Waals surface area contributed by atoms with Gasteiger partial charge in [-0.1, -0.05) is 38.5 Å². The Bertz CT molecular complexity index is 245. The topological polar surface area (TPSA) is 43.7 Å². The highest BCUT2D eigenvalue weighted by atomic mass is 16.3. The largest absolute Gasteiger partial charge is 0.392 e. The molecular formula is C15H29NO2. The van der Waals surface area contributed by atoms with Gasteiger partial charge in [0.15, 0.2) is 0 Å². The molecule has 106 valence electrons. The molecule has 0 heterocycles. The lowest BCUT2D eigenvalue weighted by Gasteiger charge is -2.30. The molecular weight excluding hydrogens is 226 g/mol. The van der Waals surface area contributed by atoms with E-state index in [1.54, 1.807) is 0 Å². The van der Waals surface area contributed by atoms with Crippen molar-refractivity contribution in [1.29, 1.82) is 0 Å². The minimum atomic E-state index is -0.484. The maximum Gasteiger partial charge on any atom is 0.0774 e. The van der Waals surface area contributed by atoms with E-state index in [0.717, 1.165) is 38.0 Å². The zero-order valence-corrected chi connectivity index (χ0v) is 11.8. The summed E-state index contributed by atoms with van der Waals surface area (Å²) >= 11 is 0. The molecule has 0 saturated heterocycles. The molecule has 1 atom stereocenters. The van der Waals surface area contributed by atoms with Crippen molar-refractivity contribution in [2.24, 2.45) is 5.92 Å². The third kappa shape index (κ3) is 4.22. The Morgan fingerprint density at radius 3 is 2.39 bits per heavy atom.